The van der Waals surface area contributed by atoms with Gasteiger partial charge in [-0.3, -0.25) is 5.32 Å². The Balaban J connectivity index is 1.47. The summed E-state index contributed by atoms with van der Waals surface area (Å²) in [5, 5.41) is 3.91. The molecule has 1 aliphatic carbocycles. The number of amides is 1. The van der Waals surface area contributed by atoms with Crippen molar-refractivity contribution in [1.29, 1.82) is 0 Å². The van der Waals surface area contributed by atoms with Crippen LogP contribution in [0.25, 0.3) is 22.2 Å². The van der Waals surface area contributed by atoms with Crippen molar-refractivity contribution >= 4 is 34.1 Å². The van der Waals surface area contributed by atoms with Crippen molar-refractivity contribution in [2.75, 3.05) is 48.9 Å². The Labute approximate surface area is 200 Å². The van der Waals surface area contributed by atoms with E-state index in [9.17, 15) is 4.79 Å². The molecule has 1 amide bonds. The van der Waals surface area contributed by atoms with E-state index in [1.165, 1.54) is 30.5 Å². The van der Waals surface area contributed by atoms with Gasteiger partial charge in [-0.2, -0.15) is 0 Å². The Hall–Kier alpha value is -3.19. The minimum absolute atomic E-state index is 0.299. The number of anilines is 3. The summed E-state index contributed by atoms with van der Waals surface area (Å²) in [5.74, 6) is 0.299. The zero-order chi connectivity index (χ0) is 23.7. The predicted molar refractivity (Wildman–Crippen MR) is 138 cm³/mol. The maximum Gasteiger partial charge on any atom is 0.411 e. The molecule has 7 nitrogen and oxygen atoms in total. The molecule has 34 heavy (non-hydrogen) atoms. The first kappa shape index (κ1) is 22.6. The number of benzene rings is 2. The van der Waals surface area contributed by atoms with Crippen LogP contribution >= 0.6 is 0 Å². The highest BCUT2D eigenvalue weighted by Crippen LogP contribution is 2.45. The third-order valence-corrected chi connectivity index (χ3v) is 6.79. The summed E-state index contributed by atoms with van der Waals surface area (Å²) in [5.41, 5.74) is 12.8. The summed E-state index contributed by atoms with van der Waals surface area (Å²) in [6, 6.07) is 15.0. The first-order chi connectivity index (χ1) is 16.5. The van der Waals surface area contributed by atoms with E-state index >= 15 is 0 Å². The van der Waals surface area contributed by atoms with Crippen LogP contribution in [-0.4, -0.2) is 43.6 Å². The Morgan fingerprint density at radius 2 is 1.88 bits per heavy atom. The molecule has 5 rings (SSSR count). The number of hydrogen-bond donors (Lipinski definition) is 2. The number of morpholine rings is 1. The number of carbonyl (C=O) groups is 1. The summed E-state index contributed by atoms with van der Waals surface area (Å²) in [6.07, 6.45) is 3.16. The van der Waals surface area contributed by atoms with Crippen molar-refractivity contribution in [2.24, 2.45) is 5.92 Å². The molecule has 7 heteroatoms. The molecule has 0 spiro atoms. The second-order valence-electron chi connectivity index (χ2n) is 9.71. The fourth-order valence-corrected chi connectivity index (χ4v) is 4.77. The SMILES string of the molecule is CC(C)COC(=O)Nc1ccc(-c2c(N)c3cc(N4CCOCC4)ccc3n2C2CCC2)cc1. The second kappa shape index (κ2) is 9.58. The maximum atomic E-state index is 12.0. The molecule has 0 unspecified atom stereocenters. The lowest BCUT2D eigenvalue weighted by atomic mass is 9.92. The van der Waals surface area contributed by atoms with Crippen LogP contribution in [0.5, 0.6) is 0 Å². The molecule has 0 atom stereocenters. The summed E-state index contributed by atoms with van der Waals surface area (Å²) in [7, 11) is 0. The molecule has 180 valence electrons. The van der Waals surface area contributed by atoms with Crippen LogP contribution in [0.15, 0.2) is 42.5 Å². The molecular formula is C27H34N4O3. The number of aromatic nitrogens is 1. The monoisotopic (exact) mass is 462 g/mol. The summed E-state index contributed by atoms with van der Waals surface area (Å²) in [6.45, 7) is 7.73. The molecule has 3 N–H and O–H groups in total. The van der Waals surface area contributed by atoms with Crippen molar-refractivity contribution in [3.8, 4) is 11.3 Å². The fourth-order valence-electron chi connectivity index (χ4n) is 4.77. The van der Waals surface area contributed by atoms with E-state index in [-0.39, 0.29) is 0 Å². The van der Waals surface area contributed by atoms with Crippen molar-refractivity contribution in [2.45, 2.75) is 39.2 Å². The predicted octanol–water partition coefficient (Wildman–Crippen LogP) is 5.66. The number of ether oxygens (including phenoxy) is 2. The van der Waals surface area contributed by atoms with Crippen LogP contribution in [0.4, 0.5) is 21.9 Å². The summed E-state index contributed by atoms with van der Waals surface area (Å²) in [4.78, 5) is 14.4. The number of rotatable bonds is 6. The number of nitrogen functional groups attached to an aromatic ring is 1. The van der Waals surface area contributed by atoms with Gasteiger partial charge in [0.1, 0.15) is 0 Å². The number of carbonyl (C=O) groups excluding carboxylic acids is 1. The van der Waals surface area contributed by atoms with Gasteiger partial charge >= 0.3 is 6.09 Å². The zero-order valence-electron chi connectivity index (χ0n) is 20.0. The van der Waals surface area contributed by atoms with Crippen LogP contribution in [0.2, 0.25) is 0 Å². The molecule has 1 aromatic heterocycles. The first-order valence-electron chi connectivity index (χ1n) is 12.3. The highest BCUT2D eigenvalue weighted by molar-refractivity contribution is 6.02. The Bertz CT molecular complexity index is 1160. The van der Waals surface area contributed by atoms with Gasteiger partial charge in [0, 0.05) is 41.5 Å². The van der Waals surface area contributed by atoms with Crippen LogP contribution in [0.1, 0.15) is 39.2 Å². The molecule has 3 aromatic rings. The van der Waals surface area contributed by atoms with Crippen molar-refractivity contribution in [1.82, 2.24) is 4.57 Å². The van der Waals surface area contributed by atoms with Crippen LogP contribution in [0.3, 0.4) is 0 Å². The molecular weight excluding hydrogens is 428 g/mol. The van der Waals surface area contributed by atoms with Gasteiger partial charge in [-0.05, 0) is 55.5 Å². The smallest absolute Gasteiger partial charge is 0.411 e. The van der Waals surface area contributed by atoms with E-state index in [0.29, 0.717) is 24.3 Å². The third-order valence-electron chi connectivity index (χ3n) is 6.79. The second-order valence-corrected chi connectivity index (χ2v) is 9.71. The number of hydrogen-bond acceptors (Lipinski definition) is 5. The lowest BCUT2D eigenvalue weighted by Crippen LogP contribution is -2.36. The van der Waals surface area contributed by atoms with E-state index in [1.807, 2.05) is 38.1 Å². The third kappa shape index (κ3) is 4.44. The van der Waals surface area contributed by atoms with Gasteiger partial charge in [0.05, 0.1) is 36.7 Å². The Morgan fingerprint density at radius 3 is 2.53 bits per heavy atom. The van der Waals surface area contributed by atoms with Gasteiger partial charge < -0.3 is 24.7 Å². The maximum absolute atomic E-state index is 12.0. The number of nitrogens with one attached hydrogen (secondary N) is 1. The van der Waals surface area contributed by atoms with Crippen LogP contribution < -0.4 is 16.0 Å². The van der Waals surface area contributed by atoms with Crippen molar-refractivity contribution < 1.29 is 14.3 Å². The topological polar surface area (TPSA) is 81.8 Å². The fraction of sp³-hybridized carbons (Fsp3) is 0.444. The van der Waals surface area contributed by atoms with Crippen LogP contribution in [0, 0.1) is 5.92 Å². The number of nitrogens with zero attached hydrogens (tertiary/aromatic N) is 2. The highest BCUT2D eigenvalue weighted by atomic mass is 16.5. The molecule has 1 saturated carbocycles. The van der Waals surface area contributed by atoms with Gasteiger partial charge in [0.2, 0.25) is 0 Å². The first-order valence-corrected chi connectivity index (χ1v) is 12.3. The van der Waals surface area contributed by atoms with Gasteiger partial charge in [-0.25, -0.2) is 4.79 Å². The quantitative estimate of drug-likeness (QED) is 0.494. The lowest BCUT2D eigenvalue weighted by Gasteiger charge is -2.31. The summed E-state index contributed by atoms with van der Waals surface area (Å²) >= 11 is 0. The molecule has 1 aliphatic heterocycles. The van der Waals surface area contributed by atoms with E-state index < -0.39 is 6.09 Å². The Morgan fingerprint density at radius 1 is 1.15 bits per heavy atom. The van der Waals surface area contributed by atoms with Crippen LogP contribution in [-0.2, 0) is 9.47 Å². The van der Waals surface area contributed by atoms with E-state index in [1.54, 1.807) is 0 Å². The standard InChI is InChI=1S/C27H34N4O3/c1-18(2)17-34-27(32)29-20-8-6-19(7-9-20)26-25(28)23-16-22(30-12-14-33-15-13-30)10-11-24(23)31(26)21-4-3-5-21/h6-11,16,18,21H,3-5,12-15,17,28H2,1-2H3,(H,29,32). The van der Waals surface area contributed by atoms with Gasteiger partial charge in [-0.1, -0.05) is 26.0 Å². The van der Waals surface area contributed by atoms with Gasteiger partial charge in [-0.15, -0.1) is 0 Å². The van der Waals surface area contributed by atoms with E-state index in [2.05, 4.69) is 33.0 Å². The molecule has 0 bridgehead atoms. The zero-order valence-corrected chi connectivity index (χ0v) is 20.0. The molecule has 2 aromatic carbocycles. The number of fused-ring (bicyclic) bond motifs is 1. The van der Waals surface area contributed by atoms with Crippen molar-refractivity contribution in [3.05, 3.63) is 42.5 Å². The van der Waals surface area contributed by atoms with Gasteiger partial charge in [0.15, 0.2) is 0 Å². The molecule has 2 heterocycles. The largest absolute Gasteiger partial charge is 0.449 e. The van der Waals surface area contributed by atoms with Crippen molar-refractivity contribution in [3.63, 3.8) is 0 Å². The summed E-state index contributed by atoms with van der Waals surface area (Å²) < 4.78 is 13.2. The molecule has 0 radical (unpaired) electrons. The minimum Gasteiger partial charge on any atom is -0.449 e. The average Bonchev–Trinajstić information content (AvgIpc) is 3.09. The van der Waals surface area contributed by atoms with Gasteiger partial charge in [0.25, 0.3) is 0 Å². The van der Waals surface area contributed by atoms with E-state index in [4.69, 9.17) is 15.2 Å². The molecule has 2 fully saturated rings. The normalized spacial score (nSPS) is 16.6. The van der Waals surface area contributed by atoms with E-state index in [0.717, 1.165) is 48.6 Å². The molecule has 2 aliphatic rings. The highest BCUT2D eigenvalue weighted by Gasteiger charge is 2.27. The minimum atomic E-state index is -0.430. The molecule has 1 saturated heterocycles. The number of nitrogens with two attached hydrogens (primary N) is 1. The Kier molecular flexibility index (Phi) is 6.37. The lowest BCUT2D eigenvalue weighted by molar-refractivity contribution is 0.122. The average molecular weight is 463 g/mol.